The van der Waals surface area contributed by atoms with E-state index in [1.165, 1.54) is 0 Å². The highest BCUT2D eigenvalue weighted by molar-refractivity contribution is 5.93. The topological polar surface area (TPSA) is 84.2 Å². The van der Waals surface area contributed by atoms with E-state index in [1.807, 2.05) is 13.8 Å². The highest BCUT2D eigenvalue weighted by atomic mass is 16.4. The van der Waals surface area contributed by atoms with Gasteiger partial charge in [-0.1, -0.05) is 0 Å². The van der Waals surface area contributed by atoms with Gasteiger partial charge in [-0.15, -0.1) is 0 Å². The quantitative estimate of drug-likeness (QED) is 0.880. The molecule has 6 heteroatoms. The van der Waals surface area contributed by atoms with Gasteiger partial charge in [0.2, 0.25) is 0 Å². The van der Waals surface area contributed by atoms with Gasteiger partial charge in [0, 0.05) is 18.3 Å². The van der Waals surface area contributed by atoms with Crippen LogP contribution in [0.1, 0.15) is 55.9 Å². The molecule has 6 nitrogen and oxygen atoms in total. The van der Waals surface area contributed by atoms with Crippen LogP contribution in [0.3, 0.4) is 0 Å². The van der Waals surface area contributed by atoms with Gasteiger partial charge in [-0.25, -0.2) is 0 Å². The number of carbonyl (C=O) groups excluding carboxylic acids is 1. The fourth-order valence-corrected chi connectivity index (χ4v) is 2.49. The minimum absolute atomic E-state index is 0.0699. The molecule has 2 rings (SSSR count). The van der Waals surface area contributed by atoms with Crippen LogP contribution in [-0.4, -0.2) is 32.8 Å². The predicted octanol–water partition coefficient (Wildman–Crippen LogP) is 1.84. The first-order valence-corrected chi connectivity index (χ1v) is 7.05. The Bertz CT molecular complexity index is 488. The molecule has 1 saturated carbocycles. The Labute approximate surface area is 118 Å². The minimum atomic E-state index is -0.729. The molecule has 110 valence electrons. The number of nitrogens with one attached hydrogen (secondary N) is 1. The van der Waals surface area contributed by atoms with Crippen molar-refractivity contribution in [3.63, 3.8) is 0 Å². The van der Waals surface area contributed by atoms with Crippen molar-refractivity contribution in [1.29, 1.82) is 0 Å². The van der Waals surface area contributed by atoms with Crippen LogP contribution in [0.5, 0.6) is 0 Å². The summed E-state index contributed by atoms with van der Waals surface area (Å²) >= 11 is 0. The summed E-state index contributed by atoms with van der Waals surface area (Å²) in [6.07, 6.45) is 6.01. The third kappa shape index (κ3) is 3.37. The van der Waals surface area contributed by atoms with Gasteiger partial charge in [-0.05, 0) is 39.5 Å². The van der Waals surface area contributed by atoms with Crippen molar-refractivity contribution in [1.82, 2.24) is 15.1 Å². The summed E-state index contributed by atoms with van der Waals surface area (Å²) < 4.78 is 1.75. The Hall–Kier alpha value is -1.85. The number of rotatable bonds is 4. The molecule has 1 heterocycles. The average molecular weight is 279 g/mol. The number of aliphatic carboxylic acids is 1. The van der Waals surface area contributed by atoms with Crippen molar-refractivity contribution >= 4 is 11.9 Å². The summed E-state index contributed by atoms with van der Waals surface area (Å²) in [7, 11) is 0. The van der Waals surface area contributed by atoms with Gasteiger partial charge in [0.05, 0.1) is 17.7 Å². The monoisotopic (exact) mass is 279 g/mol. The molecule has 1 aromatic heterocycles. The number of aromatic nitrogens is 2. The number of carbonyl (C=O) groups is 2. The van der Waals surface area contributed by atoms with Crippen LogP contribution in [0.4, 0.5) is 0 Å². The largest absolute Gasteiger partial charge is 0.481 e. The van der Waals surface area contributed by atoms with E-state index >= 15 is 0 Å². The van der Waals surface area contributed by atoms with Crippen molar-refractivity contribution in [3.05, 3.63) is 18.0 Å². The lowest BCUT2D eigenvalue weighted by molar-refractivity contribution is -0.142. The minimum Gasteiger partial charge on any atom is -0.481 e. The summed E-state index contributed by atoms with van der Waals surface area (Å²) in [5.74, 6) is -1.12. The van der Waals surface area contributed by atoms with Crippen LogP contribution in [0.15, 0.2) is 12.4 Å². The summed E-state index contributed by atoms with van der Waals surface area (Å²) in [5, 5.41) is 16.0. The molecule has 20 heavy (non-hydrogen) atoms. The Morgan fingerprint density at radius 3 is 2.50 bits per heavy atom. The van der Waals surface area contributed by atoms with Crippen molar-refractivity contribution in [2.45, 2.75) is 51.6 Å². The molecular formula is C14H21N3O3. The number of carboxylic acids is 1. The molecule has 0 aliphatic heterocycles. The molecule has 0 bridgehead atoms. The van der Waals surface area contributed by atoms with Crippen LogP contribution in [-0.2, 0) is 4.79 Å². The van der Waals surface area contributed by atoms with Crippen LogP contribution in [0.2, 0.25) is 0 Å². The number of nitrogens with zero attached hydrogens (tertiary/aromatic N) is 2. The zero-order chi connectivity index (χ0) is 14.7. The number of carboxylic acid groups (broad SMARTS) is 1. The molecule has 0 aromatic carbocycles. The summed E-state index contributed by atoms with van der Waals surface area (Å²) in [5.41, 5.74) is 0.555. The first-order chi connectivity index (χ1) is 9.47. The van der Waals surface area contributed by atoms with E-state index < -0.39 is 5.97 Å². The molecule has 0 radical (unpaired) electrons. The van der Waals surface area contributed by atoms with Crippen molar-refractivity contribution < 1.29 is 14.7 Å². The smallest absolute Gasteiger partial charge is 0.306 e. The molecule has 0 saturated heterocycles. The molecule has 1 fully saturated rings. The molecule has 1 aromatic rings. The SMILES string of the molecule is CC(C)n1cc(C(=O)NC2CCC(C(=O)O)CC2)cn1. The summed E-state index contributed by atoms with van der Waals surface area (Å²) in [6.45, 7) is 4.00. The normalized spacial score (nSPS) is 22.8. The second-order valence-electron chi connectivity index (χ2n) is 5.66. The maximum Gasteiger partial charge on any atom is 0.306 e. The van der Waals surface area contributed by atoms with Crippen LogP contribution < -0.4 is 5.32 Å². The van der Waals surface area contributed by atoms with Gasteiger partial charge >= 0.3 is 5.97 Å². The van der Waals surface area contributed by atoms with E-state index in [1.54, 1.807) is 17.1 Å². The fourth-order valence-electron chi connectivity index (χ4n) is 2.49. The fraction of sp³-hybridized carbons (Fsp3) is 0.643. The molecule has 0 spiro atoms. The molecule has 1 aliphatic carbocycles. The van der Waals surface area contributed by atoms with E-state index in [-0.39, 0.29) is 23.9 Å². The Balaban J connectivity index is 1.87. The Kier molecular flexibility index (Phi) is 4.42. The van der Waals surface area contributed by atoms with E-state index in [9.17, 15) is 9.59 Å². The van der Waals surface area contributed by atoms with Crippen LogP contribution >= 0.6 is 0 Å². The highest BCUT2D eigenvalue weighted by Gasteiger charge is 2.27. The van der Waals surface area contributed by atoms with Crippen LogP contribution in [0, 0.1) is 5.92 Å². The second kappa shape index (κ2) is 6.07. The van der Waals surface area contributed by atoms with E-state index in [2.05, 4.69) is 10.4 Å². The van der Waals surface area contributed by atoms with Gasteiger partial charge in [0.1, 0.15) is 0 Å². The zero-order valence-corrected chi connectivity index (χ0v) is 11.9. The first kappa shape index (κ1) is 14.6. The molecule has 0 atom stereocenters. The van der Waals surface area contributed by atoms with Crippen molar-refractivity contribution in [2.75, 3.05) is 0 Å². The maximum atomic E-state index is 12.1. The third-order valence-corrected chi connectivity index (χ3v) is 3.80. The van der Waals surface area contributed by atoms with Crippen molar-refractivity contribution in [2.24, 2.45) is 5.92 Å². The third-order valence-electron chi connectivity index (χ3n) is 3.80. The molecule has 1 amide bonds. The molecule has 2 N–H and O–H groups in total. The molecule has 0 unspecified atom stereocenters. The zero-order valence-electron chi connectivity index (χ0n) is 11.9. The number of hydrogen-bond donors (Lipinski definition) is 2. The standard InChI is InChI=1S/C14H21N3O3/c1-9(2)17-8-11(7-15-17)13(18)16-12-5-3-10(4-6-12)14(19)20/h7-10,12H,3-6H2,1-2H3,(H,16,18)(H,19,20). The predicted molar refractivity (Wildman–Crippen MR) is 73.5 cm³/mol. The molecule has 1 aliphatic rings. The average Bonchev–Trinajstić information content (AvgIpc) is 2.89. The lowest BCUT2D eigenvalue weighted by Crippen LogP contribution is -2.38. The summed E-state index contributed by atoms with van der Waals surface area (Å²) in [4.78, 5) is 23.0. The first-order valence-electron chi connectivity index (χ1n) is 7.05. The van der Waals surface area contributed by atoms with Gasteiger partial charge in [0.25, 0.3) is 5.91 Å². The number of amides is 1. The van der Waals surface area contributed by atoms with Gasteiger partial charge < -0.3 is 10.4 Å². The molecular weight excluding hydrogens is 258 g/mol. The van der Waals surface area contributed by atoms with Crippen molar-refractivity contribution in [3.8, 4) is 0 Å². The summed E-state index contributed by atoms with van der Waals surface area (Å²) in [6, 6.07) is 0.294. The van der Waals surface area contributed by atoms with E-state index in [0.29, 0.717) is 18.4 Å². The number of hydrogen-bond acceptors (Lipinski definition) is 3. The highest BCUT2D eigenvalue weighted by Crippen LogP contribution is 2.24. The van der Waals surface area contributed by atoms with Gasteiger partial charge in [0.15, 0.2) is 0 Å². The van der Waals surface area contributed by atoms with E-state index in [4.69, 9.17) is 5.11 Å². The maximum absolute atomic E-state index is 12.1. The Morgan fingerprint density at radius 2 is 2.00 bits per heavy atom. The van der Waals surface area contributed by atoms with Gasteiger partial charge in [-0.3, -0.25) is 14.3 Å². The van der Waals surface area contributed by atoms with Crippen LogP contribution in [0.25, 0.3) is 0 Å². The lowest BCUT2D eigenvalue weighted by atomic mass is 9.86. The van der Waals surface area contributed by atoms with E-state index in [0.717, 1.165) is 12.8 Å². The Morgan fingerprint density at radius 1 is 1.35 bits per heavy atom. The lowest BCUT2D eigenvalue weighted by Gasteiger charge is -2.26. The van der Waals surface area contributed by atoms with Gasteiger partial charge in [-0.2, -0.15) is 5.10 Å². The second-order valence-corrected chi connectivity index (χ2v) is 5.66.